The molecule has 0 unspecified atom stereocenters. The number of benzene rings is 3. The molecule has 0 aromatic heterocycles. The minimum atomic E-state index is -3.86. The molecule has 0 aliphatic rings. The predicted octanol–water partition coefficient (Wildman–Crippen LogP) is 5.16. The molecule has 0 radical (unpaired) electrons. The highest BCUT2D eigenvalue weighted by molar-refractivity contribution is 7.92. The minimum Gasteiger partial charge on any atom is -0.347 e. The van der Waals surface area contributed by atoms with Crippen LogP contribution in [0.15, 0.2) is 71.6 Å². The van der Waals surface area contributed by atoms with Gasteiger partial charge in [-0.15, -0.1) is 0 Å². The maximum absolute atomic E-state index is 13.1. The monoisotopic (exact) mass is 450 g/mol. The van der Waals surface area contributed by atoms with Crippen LogP contribution in [0.4, 0.5) is 5.69 Å². The van der Waals surface area contributed by atoms with Crippen molar-refractivity contribution >= 4 is 21.6 Å². The van der Waals surface area contributed by atoms with Gasteiger partial charge >= 0.3 is 0 Å². The van der Waals surface area contributed by atoms with Crippen LogP contribution in [0.2, 0.25) is 0 Å². The van der Waals surface area contributed by atoms with Crippen LogP contribution in [0.25, 0.3) is 0 Å². The Morgan fingerprint density at radius 1 is 0.875 bits per heavy atom. The first kappa shape index (κ1) is 23.5. The molecule has 2 N–H and O–H groups in total. The second kappa shape index (κ2) is 9.17. The molecular formula is C26H30N2O3S. The summed E-state index contributed by atoms with van der Waals surface area (Å²) in [6.45, 7) is 9.38. The van der Waals surface area contributed by atoms with Gasteiger partial charge in [-0.3, -0.25) is 9.52 Å². The van der Waals surface area contributed by atoms with Gasteiger partial charge in [-0.1, -0.05) is 48.5 Å². The number of sulfonamides is 1. The van der Waals surface area contributed by atoms with E-state index in [-0.39, 0.29) is 10.8 Å². The van der Waals surface area contributed by atoms with E-state index >= 15 is 0 Å². The van der Waals surface area contributed by atoms with Gasteiger partial charge in [0.25, 0.3) is 15.9 Å². The van der Waals surface area contributed by atoms with Gasteiger partial charge < -0.3 is 5.32 Å². The van der Waals surface area contributed by atoms with E-state index in [2.05, 4.69) is 10.0 Å². The normalized spacial score (nSPS) is 11.8. The molecular weight excluding hydrogens is 420 g/mol. The Balaban J connectivity index is 1.84. The second-order valence-corrected chi connectivity index (χ2v) is 10.6. The molecule has 168 valence electrons. The Bertz CT molecular complexity index is 1230. The molecule has 0 saturated carbocycles. The molecule has 3 rings (SSSR count). The highest BCUT2D eigenvalue weighted by Crippen LogP contribution is 2.24. The number of amides is 1. The molecule has 0 aliphatic carbocycles. The van der Waals surface area contributed by atoms with Crippen molar-refractivity contribution in [1.82, 2.24) is 5.32 Å². The summed E-state index contributed by atoms with van der Waals surface area (Å²) in [5.74, 6) is -0.311. The molecule has 0 bridgehead atoms. The van der Waals surface area contributed by atoms with Crippen molar-refractivity contribution in [2.75, 3.05) is 4.72 Å². The van der Waals surface area contributed by atoms with Crippen LogP contribution < -0.4 is 10.0 Å². The van der Waals surface area contributed by atoms with Gasteiger partial charge in [-0.25, -0.2) is 8.42 Å². The fourth-order valence-corrected chi connectivity index (χ4v) is 5.00. The standard InChI is InChI=1S/C26H30N2O3S/c1-18-11-12-19(2)23(15-18)28-32(30,31)24-16-22(14-13-20(24)3)25(29)27-26(4,5)17-21-9-7-6-8-10-21/h6-16,28H,17H2,1-5H3,(H,27,29). The average Bonchev–Trinajstić information content (AvgIpc) is 2.70. The molecule has 0 aliphatic heterocycles. The van der Waals surface area contributed by atoms with Crippen molar-refractivity contribution in [1.29, 1.82) is 0 Å². The molecule has 0 atom stereocenters. The summed E-state index contributed by atoms with van der Waals surface area (Å²) < 4.78 is 29.0. The van der Waals surface area contributed by atoms with Crippen molar-refractivity contribution in [3.63, 3.8) is 0 Å². The molecule has 3 aromatic carbocycles. The minimum absolute atomic E-state index is 0.0897. The van der Waals surface area contributed by atoms with Gasteiger partial charge in [0.1, 0.15) is 0 Å². The summed E-state index contributed by atoms with van der Waals surface area (Å²) in [7, 11) is -3.86. The first-order chi connectivity index (χ1) is 15.0. The zero-order valence-corrected chi connectivity index (χ0v) is 20.0. The van der Waals surface area contributed by atoms with Crippen LogP contribution in [0.1, 0.15) is 46.5 Å². The van der Waals surface area contributed by atoms with Gasteiger partial charge in [0.15, 0.2) is 0 Å². The fourth-order valence-electron chi connectivity index (χ4n) is 3.61. The van der Waals surface area contributed by atoms with Crippen LogP contribution >= 0.6 is 0 Å². The van der Waals surface area contributed by atoms with Crippen LogP contribution in [0.5, 0.6) is 0 Å². The number of carbonyl (C=O) groups excluding carboxylic acids is 1. The molecule has 0 saturated heterocycles. The van der Waals surface area contributed by atoms with E-state index in [9.17, 15) is 13.2 Å². The molecule has 1 amide bonds. The van der Waals surface area contributed by atoms with E-state index in [0.717, 1.165) is 16.7 Å². The van der Waals surface area contributed by atoms with E-state index in [1.165, 1.54) is 6.07 Å². The third-order valence-corrected chi connectivity index (χ3v) is 6.83. The zero-order valence-electron chi connectivity index (χ0n) is 19.2. The smallest absolute Gasteiger partial charge is 0.262 e. The van der Waals surface area contributed by atoms with Gasteiger partial charge in [0, 0.05) is 11.1 Å². The molecule has 3 aromatic rings. The summed E-state index contributed by atoms with van der Waals surface area (Å²) in [5, 5.41) is 3.03. The van der Waals surface area contributed by atoms with Crippen LogP contribution in [0, 0.1) is 20.8 Å². The maximum Gasteiger partial charge on any atom is 0.262 e. The second-order valence-electron chi connectivity index (χ2n) is 8.90. The number of hydrogen-bond acceptors (Lipinski definition) is 3. The van der Waals surface area contributed by atoms with Crippen LogP contribution in [0.3, 0.4) is 0 Å². The average molecular weight is 451 g/mol. The molecule has 6 heteroatoms. The summed E-state index contributed by atoms with van der Waals surface area (Å²) in [6, 6.07) is 20.3. The Labute approximate surface area is 190 Å². The van der Waals surface area contributed by atoms with E-state index in [1.807, 2.05) is 70.2 Å². The predicted molar refractivity (Wildman–Crippen MR) is 130 cm³/mol. The summed E-state index contributed by atoms with van der Waals surface area (Å²) in [6.07, 6.45) is 0.658. The van der Waals surface area contributed by atoms with E-state index in [0.29, 0.717) is 23.2 Å². The number of rotatable bonds is 7. The molecule has 5 nitrogen and oxygen atoms in total. The lowest BCUT2D eigenvalue weighted by Gasteiger charge is -2.26. The third kappa shape index (κ3) is 5.77. The summed E-state index contributed by atoms with van der Waals surface area (Å²) in [4.78, 5) is 13.1. The Morgan fingerprint density at radius 3 is 2.22 bits per heavy atom. The molecule has 0 heterocycles. The van der Waals surface area contributed by atoms with Crippen LogP contribution in [-0.4, -0.2) is 19.9 Å². The lowest BCUT2D eigenvalue weighted by Crippen LogP contribution is -2.45. The van der Waals surface area contributed by atoms with E-state index in [4.69, 9.17) is 0 Å². The number of nitrogens with one attached hydrogen (secondary N) is 2. The first-order valence-corrected chi connectivity index (χ1v) is 12.0. The zero-order chi connectivity index (χ0) is 23.5. The van der Waals surface area contributed by atoms with Crippen molar-refractivity contribution in [3.05, 3.63) is 94.5 Å². The van der Waals surface area contributed by atoms with Gasteiger partial charge in [-0.05, 0) is 81.5 Å². The Morgan fingerprint density at radius 2 is 1.53 bits per heavy atom. The highest BCUT2D eigenvalue weighted by Gasteiger charge is 2.24. The fraction of sp³-hybridized carbons (Fsp3) is 0.269. The highest BCUT2D eigenvalue weighted by atomic mass is 32.2. The molecule has 32 heavy (non-hydrogen) atoms. The van der Waals surface area contributed by atoms with Gasteiger partial charge in [0.2, 0.25) is 0 Å². The van der Waals surface area contributed by atoms with E-state index in [1.54, 1.807) is 25.1 Å². The SMILES string of the molecule is Cc1ccc(C)c(NS(=O)(=O)c2cc(C(=O)NC(C)(C)Cc3ccccc3)ccc2C)c1. The molecule has 0 spiro atoms. The van der Waals surface area contributed by atoms with Gasteiger partial charge in [-0.2, -0.15) is 0 Å². The topological polar surface area (TPSA) is 75.3 Å². The first-order valence-electron chi connectivity index (χ1n) is 10.5. The third-order valence-electron chi connectivity index (χ3n) is 5.32. The van der Waals surface area contributed by atoms with Crippen LogP contribution in [-0.2, 0) is 16.4 Å². The van der Waals surface area contributed by atoms with Crippen molar-refractivity contribution in [2.24, 2.45) is 0 Å². The quantitative estimate of drug-likeness (QED) is 0.522. The number of anilines is 1. The lowest BCUT2D eigenvalue weighted by atomic mass is 9.94. The Hall–Kier alpha value is -3.12. The summed E-state index contributed by atoms with van der Waals surface area (Å²) >= 11 is 0. The van der Waals surface area contributed by atoms with Crippen molar-refractivity contribution < 1.29 is 13.2 Å². The Kier molecular flexibility index (Phi) is 6.74. The number of aryl methyl sites for hydroxylation is 3. The lowest BCUT2D eigenvalue weighted by molar-refractivity contribution is 0.0913. The maximum atomic E-state index is 13.1. The van der Waals surface area contributed by atoms with E-state index < -0.39 is 15.6 Å². The van der Waals surface area contributed by atoms with Crippen molar-refractivity contribution in [3.8, 4) is 0 Å². The summed E-state index contributed by atoms with van der Waals surface area (Å²) in [5.41, 5.74) is 3.80. The van der Waals surface area contributed by atoms with Crippen molar-refractivity contribution in [2.45, 2.75) is 51.5 Å². The largest absolute Gasteiger partial charge is 0.347 e. The molecule has 0 fully saturated rings. The van der Waals surface area contributed by atoms with Gasteiger partial charge in [0.05, 0.1) is 10.6 Å². The number of carbonyl (C=O) groups is 1. The number of hydrogen-bond donors (Lipinski definition) is 2.